The molecule has 1 aliphatic rings. The number of hydrogen-bond acceptors (Lipinski definition) is 5. The van der Waals surface area contributed by atoms with Crippen molar-refractivity contribution in [1.29, 1.82) is 0 Å². The van der Waals surface area contributed by atoms with E-state index in [4.69, 9.17) is 9.15 Å². The maximum Gasteiger partial charge on any atom is 0.247 e. The molecule has 2 aromatic rings. The molecule has 0 aliphatic carbocycles. The summed E-state index contributed by atoms with van der Waals surface area (Å²) in [6.45, 7) is 1.57. The third-order valence-corrected chi connectivity index (χ3v) is 2.50. The van der Waals surface area contributed by atoms with E-state index in [2.05, 4.69) is 15.5 Å². The van der Waals surface area contributed by atoms with Crippen molar-refractivity contribution in [3.63, 3.8) is 0 Å². The molecule has 82 valence electrons. The van der Waals surface area contributed by atoms with Gasteiger partial charge in [0.2, 0.25) is 12.3 Å². The molecule has 1 aromatic carbocycles. The van der Waals surface area contributed by atoms with Crippen LogP contribution in [0.25, 0.3) is 11.5 Å². The molecule has 3 rings (SSSR count). The van der Waals surface area contributed by atoms with Gasteiger partial charge in [-0.05, 0) is 24.3 Å². The van der Waals surface area contributed by atoms with Gasteiger partial charge in [0, 0.05) is 11.3 Å². The molecule has 1 fully saturated rings. The smallest absolute Gasteiger partial charge is 0.247 e. The summed E-state index contributed by atoms with van der Waals surface area (Å²) >= 11 is 0. The Bertz CT molecular complexity index is 449. The van der Waals surface area contributed by atoms with E-state index in [0.717, 1.165) is 24.5 Å². The Morgan fingerprint density at radius 1 is 1.19 bits per heavy atom. The van der Waals surface area contributed by atoms with Gasteiger partial charge < -0.3 is 14.5 Å². The molecule has 0 bridgehead atoms. The second-order valence-corrected chi connectivity index (χ2v) is 3.70. The van der Waals surface area contributed by atoms with Gasteiger partial charge in [0.15, 0.2) is 0 Å². The van der Waals surface area contributed by atoms with Crippen LogP contribution in [0.5, 0.6) is 0 Å². The molecule has 5 nitrogen and oxygen atoms in total. The van der Waals surface area contributed by atoms with E-state index in [-0.39, 0.29) is 0 Å². The van der Waals surface area contributed by atoms with Crippen molar-refractivity contribution in [3.05, 3.63) is 30.7 Å². The van der Waals surface area contributed by atoms with E-state index in [9.17, 15) is 0 Å². The maximum absolute atomic E-state index is 5.11. The van der Waals surface area contributed by atoms with E-state index in [1.54, 1.807) is 0 Å². The zero-order valence-corrected chi connectivity index (χ0v) is 8.59. The van der Waals surface area contributed by atoms with Crippen LogP contribution >= 0.6 is 0 Å². The zero-order valence-electron chi connectivity index (χ0n) is 8.59. The fourth-order valence-electron chi connectivity index (χ4n) is 1.56. The Morgan fingerprint density at radius 3 is 2.56 bits per heavy atom. The van der Waals surface area contributed by atoms with Crippen LogP contribution in [0, 0.1) is 0 Å². The number of rotatable bonds is 3. The van der Waals surface area contributed by atoms with E-state index >= 15 is 0 Å². The largest absolute Gasteiger partial charge is 0.423 e. The molecule has 0 amide bonds. The van der Waals surface area contributed by atoms with Gasteiger partial charge in [-0.15, -0.1) is 10.2 Å². The minimum atomic E-state index is 0.439. The van der Waals surface area contributed by atoms with Crippen LogP contribution in [0.4, 0.5) is 5.69 Å². The molecule has 2 heterocycles. The van der Waals surface area contributed by atoms with Gasteiger partial charge in [-0.2, -0.15) is 0 Å². The first-order valence-electron chi connectivity index (χ1n) is 5.13. The van der Waals surface area contributed by atoms with Crippen LogP contribution in [0.2, 0.25) is 0 Å². The minimum Gasteiger partial charge on any atom is -0.423 e. The third kappa shape index (κ3) is 1.77. The van der Waals surface area contributed by atoms with E-state index in [1.165, 1.54) is 6.39 Å². The lowest BCUT2D eigenvalue weighted by Gasteiger charge is -2.27. The monoisotopic (exact) mass is 217 g/mol. The highest BCUT2D eigenvalue weighted by atomic mass is 16.5. The van der Waals surface area contributed by atoms with Crippen molar-refractivity contribution in [3.8, 4) is 11.5 Å². The highest BCUT2D eigenvalue weighted by molar-refractivity contribution is 5.58. The molecule has 0 atom stereocenters. The Hall–Kier alpha value is -1.88. The summed E-state index contributed by atoms with van der Waals surface area (Å²) in [4.78, 5) is 0. The summed E-state index contributed by atoms with van der Waals surface area (Å²) in [7, 11) is 0. The van der Waals surface area contributed by atoms with E-state index in [1.807, 2.05) is 24.3 Å². The summed E-state index contributed by atoms with van der Waals surface area (Å²) in [5.74, 6) is 0.540. The van der Waals surface area contributed by atoms with Gasteiger partial charge in [-0.3, -0.25) is 0 Å². The van der Waals surface area contributed by atoms with Crippen molar-refractivity contribution >= 4 is 5.69 Å². The quantitative estimate of drug-likeness (QED) is 0.845. The first kappa shape index (κ1) is 9.35. The van der Waals surface area contributed by atoms with Crippen LogP contribution in [-0.4, -0.2) is 29.5 Å². The lowest BCUT2D eigenvalue weighted by Crippen LogP contribution is -2.40. The van der Waals surface area contributed by atoms with Crippen molar-refractivity contribution in [2.24, 2.45) is 0 Å². The van der Waals surface area contributed by atoms with E-state index in [0.29, 0.717) is 11.9 Å². The predicted octanol–water partition coefficient (Wildman–Crippen LogP) is 1.55. The maximum atomic E-state index is 5.11. The molecule has 1 N–H and O–H groups in total. The van der Waals surface area contributed by atoms with Crippen molar-refractivity contribution in [2.75, 3.05) is 18.5 Å². The fourth-order valence-corrected chi connectivity index (χ4v) is 1.56. The van der Waals surface area contributed by atoms with Gasteiger partial charge in [0.1, 0.15) is 0 Å². The van der Waals surface area contributed by atoms with Gasteiger partial charge in [0.05, 0.1) is 19.3 Å². The number of benzene rings is 1. The highest BCUT2D eigenvalue weighted by Crippen LogP contribution is 2.20. The number of nitrogens with zero attached hydrogens (tertiary/aromatic N) is 2. The number of ether oxygens (including phenoxy) is 1. The number of anilines is 1. The SMILES string of the molecule is c1nnc(-c2ccc(NC3COC3)cc2)o1. The molecule has 1 aromatic heterocycles. The van der Waals surface area contributed by atoms with Crippen LogP contribution in [0.1, 0.15) is 0 Å². The number of hydrogen-bond donors (Lipinski definition) is 1. The number of nitrogens with one attached hydrogen (secondary N) is 1. The first-order chi connectivity index (χ1) is 7.92. The van der Waals surface area contributed by atoms with Crippen LogP contribution in [0.15, 0.2) is 35.1 Å². The van der Waals surface area contributed by atoms with Gasteiger partial charge in [0.25, 0.3) is 0 Å². The Labute approximate surface area is 92.4 Å². The molecule has 5 heteroatoms. The van der Waals surface area contributed by atoms with Crippen LogP contribution < -0.4 is 5.32 Å². The number of aromatic nitrogens is 2. The molecule has 16 heavy (non-hydrogen) atoms. The minimum absolute atomic E-state index is 0.439. The summed E-state index contributed by atoms with van der Waals surface area (Å²) < 4.78 is 10.2. The molecular weight excluding hydrogens is 206 g/mol. The average Bonchev–Trinajstić information content (AvgIpc) is 2.78. The first-order valence-corrected chi connectivity index (χ1v) is 5.13. The molecule has 0 spiro atoms. The highest BCUT2D eigenvalue weighted by Gasteiger charge is 2.17. The van der Waals surface area contributed by atoms with Gasteiger partial charge in [-0.25, -0.2) is 0 Å². The molecule has 1 saturated heterocycles. The van der Waals surface area contributed by atoms with Crippen molar-refractivity contribution < 1.29 is 9.15 Å². The lowest BCUT2D eigenvalue weighted by molar-refractivity contribution is 0.0211. The second kappa shape index (κ2) is 3.94. The summed E-state index contributed by atoms with van der Waals surface area (Å²) in [5.41, 5.74) is 2.00. The van der Waals surface area contributed by atoms with Crippen molar-refractivity contribution in [2.45, 2.75) is 6.04 Å². The Morgan fingerprint density at radius 2 is 2.00 bits per heavy atom. The summed E-state index contributed by atoms with van der Waals surface area (Å²) in [5, 5.41) is 10.8. The molecular formula is C11H11N3O2. The topological polar surface area (TPSA) is 60.2 Å². The fraction of sp³-hybridized carbons (Fsp3) is 0.273. The lowest BCUT2D eigenvalue weighted by atomic mass is 10.2. The molecule has 0 saturated carbocycles. The standard InChI is InChI=1S/C11H11N3O2/c1-3-9(13-10-5-15-6-10)4-2-8(1)11-14-12-7-16-11/h1-4,7,10,13H,5-6H2. The molecule has 0 unspecified atom stereocenters. The Balaban J connectivity index is 1.74. The van der Waals surface area contributed by atoms with Crippen molar-refractivity contribution in [1.82, 2.24) is 10.2 Å². The van der Waals surface area contributed by atoms with Gasteiger partial charge >= 0.3 is 0 Å². The third-order valence-electron chi connectivity index (χ3n) is 2.50. The summed E-state index contributed by atoms with van der Waals surface area (Å²) in [6.07, 6.45) is 1.33. The second-order valence-electron chi connectivity index (χ2n) is 3.70. The van der Waals surface area contributed by atoms with Crippen LogP contribution in [0.3, 0.4) is 0 Å². The average molecular weight is 217 g/mol. The predicted molar refractivity (Wildman–Crippen MR) is 58.0 cm³/mol. The summed E-state index contributed by atoms with van der Waals surface area (Å²) in [6, 6.07) is 8.34. The van der Waals surface area contributed by atoms with Gasteiger partial charge in [-0.1, -0.05) is 0 Å². The van der Waals surface area contributed by atoms with E-state index < -0.39 is 0 Å². The molecule has 1 aliphatic heterocycles. The zero-order chi connectivity index (χ0) is 10.8. The molecule has 0 radical (unpaired) electrons. The normalized spacial score (nSPS) is 15.8. The Kier molecular flexibility index (Phi) is 2.30. The van der Waals surface area contributed by atoms with Crippen LogP contribution in [-0.2, 0) is 4.74 Å².